The van der Waals surface area contributed by atoms with Crippen LogP contribution in [0.1, 0.15) is 30.8 Å². The van der Waals surface area contributed by atoms with Gasteiger partial charge in [-0.15, -0.1) is 0 Å². The van der Waals surface area contributed by atoms with Crippen molar-refractivity contribution >= 4 is 34.4 Å². The monoisotopic (exact) mass is 306 g/mol. The molecule has 21 heavy (non-hydrogen) atoms. The van der Waals surface area contributed by atoms with Crippen molar-refractivity contribution in [3.05, 3.63) is 41.0 Å². The predicted octanol–water partition coefficient (Wildman–Crippen LogP) is 2.87. The second kappa shape index (κ2) is 5.69. The fraction of sp³-hybridized carbons (Fsp3) is 0.267. The lowest BCUT2D eigenvalue weighted by molar-refractivity contribution is -0.138. The van der Waals surface area contributed by atoms with Crippen molar-refractivity contribution in [3.8, 4) is 0 Å². The number of halogens is 1. The third kappa shape index (κ3) is 3.70. The van der Waals surface area contributed by atoms with E-state index in [4.69, 9.17) is 16.7 Å². The number of aromatic nitrogens is 1. The third-order valence-electron chi connectivity index (χ3n) is 2.94. The summed E-state index contributed by atoms with van der Waals surface area (Å²) in [7, 11) is 0. The summed E-state index contributed by atoms with van der Waals surface area (Å²) in [6.07, 6.45) is -0.181. The van der Waals surface area contributed by atoms with Gasteiger partial charge >= 0.3 is 5.97 Å². The van der Waals surface area contributed by atoms with Crippen molar-refractivity contribution in [2.45, 2.75) is 25.8 Å². The van der Waals surface area contributed by atoms with Gasteiger partial charge in [0.25, 0.3) is 5.91 Å². The van der Waals surface area contributed by atoms with E-state index in [1.807, 2.05) is 18.2 Å². The van der Waals surface area contributed by atoms with Crippen LogP contribution in [-0.4, -0.2) is 27.5 Å². The Morgan fingerprint density at radius 2 is 2.00 bits per heavy atom. The SMILES string of the molecule is CC(C)(CC(=O)O)NC(=O)c1cc(Cl)c2ccccc2n1. The second-order valence-corrected chi connectivity index (χ2v) is 5.82. The van der Waals surface area contributed by atoms with Crippen LogP contribution in [0.5, 0.6) is 0 Å². The van der Waals surface area contributed by atoms with E-state index in [0.29, 0.717) is 10.5 Å². The number of nitrogens with zero attached hydrogens (tertiary/aromatic N) is 1. The molecule has 0 aliphatic heterocycles. The van der Waals surface area contributed by atoms with Crippen LogP contribution in [0, 0.1) is 0 Å². The summed E-state index contributed by atoms with van der Waals surface area (Å²) in [5.41, 5.74) is -0.0914. The number of fused-ring (bicyclic) bond motifs is 1. The molecule has 1 heterocycles. The molecule has 2 aromatic rings. The lowest BCUT2D eigenvalue weighted by Gasteiger charge is -2.24. The molecule has 5 nitrogen and oxygen atoms in total. The molecule has 1 aromatic carbocycles. The number of nitrogens with one attached hydrogen (secondary N) is 1. The van der Waals surface area contributed by atoms with Crippen LogP contribution in [0.4, 0.5) is 0 Å². The van der Waals surface area contributed by atoms with E-state index >= 15 is 0 Å². The molecule has 0 aliphatic rings. The number of para-hydroxylation sites is 1. The number of aliphatic carboxylic acids is 1. The number of carbonyl (C=O) groups is 2. The number of hydrogen-bond acceptors (Lipinski definition) is 3. The number of carbonyl (C=O) groups excluding carboxylic acids is 1. The van der Waals surface area contributed by atoms with E-state index in [9.17, 15) is 9.59 Å². The van der Waals surface area contributed by atoms with Gasteiger partial charge in [-0.2, -0.15) is 0 Å². The number of hydrogen-bond donors (Lipinski definition) is 2. The van der Waals surface area contributed by atoms with Crippen LogP contribution >= 0.6 is 11.6 Å². The maximum absolute atomic E-state index is 12.2. The minimum atomic E-state index is -0.982. The molecule has 1 amide bonds. The highest BCUT2D eigenvalue weighted by Crippen LogP contribution is 2.23. The van der Waals surface area contributed by atoms with Crippen molar-refractivity contribution in [1.29, 1.82) is 0 Å². The molecule has 0 spiro atoms. The Bertz CT molecular complexity index is 713. The van der Waals surface area contributed by atoms with Gasteiger partial charge in [0.15, 0.2) is 0 Å². The van der Waals surface area contributed by atoms with Crippen molar-refractivity contribution in [1.82, 2.24) is 10.3 Å². The van der Waals surface area contributed by atoms with E-state index in [1.54, 1.807) is 19.9 Å². The first-order chi connectivity index (χ1) is 9.78. The zero-order valence-corrected chi connectivity index (χ0v) is 12.4. The topological polar surface area (TPSA) is 79.3 Å². The summed E-state index contributed by atoms with van der Waals surface area (Å²) in [5, 5.41) is 12.7. The van der Waals surface area contributed by atoms with Crippen molar-refractivity contribution < 1.29 is 14.7 Å². The largest absolute Gasteiger partial charge is 0.481 e. The zero-order chi connectivity index (χ0) is 15.6. The standard InChI is InChI=1S/C15H15ClN2O3/c1-15(2,8-13(19)20)18-14(21)12-7-10(16)9-5-3-4-6-11(9)17-12/h3-7H,8H2,1-2H3,(H,18,21)(H,19,20). The van der Waals surface area contributed by atoms with Crippen molar-refractivity contribution in [3.63, 3.8) is 0 Å². The Hall–Kier alpha value is -2.14. The van der Waals surface area contributed by atoms with Crippen LogP contribution in [0.2, 0.25) is 5.02 Å². The van der Waals surface area contributed by atoms with Gasteiger partial charge in [0, 0.05) is 10.9 Å². The molecule has 0 aliphatic carbocycles. The van der Waals surface area contributed by atoms with Gasteiger partial charge in [-0.05, 0) is 26.0 Å². The van der Waals surface area contributed by atoms with E-state index in [1.165, 1.54) is 6.07 Å². The Kier molecular flexibility index (Phi) is 4.14. The highest BCUT2D eigenvalue weighted by molar-refractivity contribution is 6.35. The summed E-state index contributed by atoms with van der Waals surface area (Å²) < 4.78 is 0. The van der Waals surface area contributed by atoms with Gasteiger partial charge in [-0.1, -0.05) is 29.8 Å². The number of amides is 1. The highest BCUT2D eigenvalue weighted by Gasteiger charge is 2.25. The maximum atomic E-state index is 12.2. The summed E-state index contributed by atoms with van der Waals surface area (Å²) in [5.74, 6) is -1.43. The normalized spacial score (nSPS) is 11.4. The lowest BCUT2D eigenvalue weighted by Crippen LogP contribution is -2.45. The average molecular weight is 307 g/mol. The minimum absolute atomic E-state index is 0.164. The van der Waals surface area contributed by atoms with Crippen LogP contribution in [0.15, 0.2) is 30.3 Å². The molecule has 2 rings (SSSR count). The van der Waals surface area contributed by atoms with Gasteiger partial charge in [0.2, 0.25) is 0 Å². The quantitative estimate of drug-likeness (QED) is 0.910. The molecule has 0 atom stereocenters. The number of carboxylic acids is 1. The summed E-state index contributed by atoms with van der Waals surface area (Å²) in [4.78, 5) is 27.2. The molecule has 0 fully saturated rings. The van der Waals surface area contributed by atoms with E-state index in [2.05, 4.69) is 10.3 Å². The maximum Gasteiger partial charge on any atom is 0.305 e. The minimum Gasteiger partial charge on any atom is -0.481 e. The molecule has 110 valence electrons. The van der Waals surface area contributed by atoms with Crippen LogP contribution in [0.25, 0.3) is 10.9 Å². The van der Waals surface area contributed by atoms with E-state index in [0.717, 1.165) is 5.39 Å². The first kappa shape index (κ1) is 15.3. The second-order valence-electron chi connectivity index (χ2n) is 5.41. The Morgan fingerprint density at radius 1 is 1.33 bits per heavy atom. The van der Waals surface area contributed by atoms with E-state index in [-0.39, 0.29) is 12.1 Å². The molecule has 6 heteroatoms. The zero-order valence-electron chi connectivity index (χ0n) is 11.7. The Morgan fingerprint density at radius 3 is 2.67 bits per heavy atom. The average Bonchev–Trinajstić information content (AvgIpc) is 2.36. The molecular formula is C15H15ClN2O3. The first-order valence-corrected chi connectivity index (χ1v) is 6.76. The van der Waals surface area contributed by atoms with Crippen LogP contribution in [-0.2, 0) is 4.79 Å². The fourth-order valence-corrected chi connectivity index (χ4v) is 2.31. The molecule has 0 saturated carbocycles. The third-order valence-corrected chi connectivity index (χ3v) is 3.26. The number of rotatable bonds is 4. The molecule has 0 unspecified atom stereocenters. The van der Waals surface area contributed by atoms with Gasteiger partial charge in [0.05, 0.1) is 17.0 Å². The molecule has 0 bridgehead atoms. The Balaban J connectivity index is 2.30. The predicted molar refractivity (Wildman–Crippen MR) is 80.6 cm³/mol. The van der Waals surface area contributed by atoms with Crippen LogP contribution in [0.3, 0.4) is 0 Å². The summed E-state index contributed by atoms with van der Waals surface area (Å²) in [6.45, 7) is 3.28. The van der Waals surface area contributed by atoms with E-state index < -0.39 is 17.4 Å². The Labute approximate surface area is 126 Å². The number of carboxylic acid groups (broad SMARTS) is 1. The summed E-state index contributed by atoms with van der Waals surface area (Å²) >= 11 is 6.15. The van der Waals surface area contributed by atoms with Gasteiger partial charge in [-0.3, -0.25) is 9.59 Å². The fourth-order valence-electron chi connectivity index (χ4n) is 2.04. The first-order valence-electron chi connectivity index (χ1n) is 6.38. The molecule has 0 radical (unpaired) electrons. The summed E-state index contributed by atoms with van der Waals surface area (Å²) in [6, 6.07) is 8.71. The molecule has 0 saturated heterocycles. The molecule has 2 N–H and O–H groups in total. The van der Waals surface area contributed by atoms with Crippen LogP contribution < -0.4 is 5.32 Å². The molecule has 1 aromatic heterocycles. The lowest BCUT2D eigenvalue weighted by atomic mass is 10.0. The smallest absolute Gasteiger partial charge is 0.305 e. The molecular weight excluding hydrogens is 292 g/mol. The van der Waals surface area contributed by atoms with Gasteiger partial charge < -0.3 is 10.4 Å². The number of pyridine rings is 1. The van der Waals surface area contributed by atoms with Gasteiger partial charge in [0.1, 0.15) is 5.69 Å². The van der Waals surface area contributed by atoms with Crippen molar-refractivity contribution in [2.24, 2.45) is 0 Å². The van der Waals surface area contributed by atoms with Crippen molar-refractivity contribution in [2.75, 3.05) is 0 Å². The van der Waals surface area contributed by atoms with Gasteiger partial charge in [-0.25, -0.2) is 4.98 Å². The highest BCUT2D eigenvalue weighted by atomic mass is 35.5. The number of benzene rings is 1.